The van der Waals surface area contributed by atoms with Gasteiger partial charge in [-0.1, -0.05) is 34.6 Å². The van der Waals surface area contributed by atoms with E-state index in [1.54, 1.807) is 0 Å². The topological polar surface area (TPSA) is 29.1 Å². The minimum atomic E-state index is -0.670. The van der Waals surface area contributed by atoms with Crippen LogP contribution in [0.3, 0.4) is 0 Å². The maximum Gasteiger partial charge on any atom is 0.0393 e. The number of nitrogens with one attached hydrogen (secondary N) is 1. The van der Waals surface area contributed by atoms with E-state index in [-0.39, 0.29) is 5.41 Å². The molecule has 0 aromatic heterocycles. The zero-order chi connectivity index (χ0) is 11.2. The summed E-state index contributed by atoms with van der Waals surface area (Å²) in [7, 11) is -0.670. The van der Waals surface area contributed by atoms with E-state index < -0.39 is 10.8 Å². The van der Waals surface area contributed by atoms with Crippen LogP contribution in [-0.4, -0.2) is 28.3 Å². The van der Waals surface area contributed by atoms with Gasteiger partial charge in [-0.05, 0) is 18.4 Å². The van der Waals surface area contributed by atoms with Crippen molar-refractivity contribution in [2.45, 2.75) is 47.1 Å². The molecule has 2 unspecified atom stereocenters. The van der Waals surface area contributed by atoms with Gasteiger partial charge in [0.2, 0.25) is 0 Å². The van der Waals surface area contributed by atoms with Gasteiger partial charge >= 0.3 is 0 Å². The van der Waals surface area contributed by atoms with E-state index in [9.17, 15) is 4.21 Å². The summed E-state index contributed by atoms with van der Waals surface area (Å²) in [4.78, 5) is 0. The maximum atomic E-state index is 11.5. The first kappa shape index (κ1) is 14.1. The molecule has 0 rings (SSSR count). The molecule has 0 aliphatic rings. The lowest BCUT2D eigenvalue weighted by Crippen LogP contribution is -2.44. The molecular weight excluding hydrogens is 194 g/mol. The van der Waals surface area contributed by atoms with Crippen LogP contribution in [0.4, 0.5) is 0 Å². The first-order valence-electron chi connectivity index (χ1n) is 5.50. The molecular formula is C11H25NOS. The fraction of sp³-hybridized carbons (Fsp3) is 1.00. The van der Waals surface area contributed by atoms with Gasteiger partial charge < -0.3 is 5.32 Å². The van der Waals surface area contributed by atoms with Crippen molar-refractivity contribution in [3.8, 4) is 0 Å². The first-order chi connectivity index (χ1) is 6.41. The predicted octanol–water partition coefficient (Wildman–Crippen LogP) is 2.17. The van der Waals surface area contributed by atoms with Crippen LogP contribution < -0.4 is 5.32 Å². The molecule has 0 aromatic rings. The quantitative estimate of drug-likeness (QED) is 0.742. The molecule has 0 saturated heterocycles. The molecule has 0 fully saturated rings. The lowest BCUT2D eigenvalue weighted by molar-refractivity contribution is 0.290. The monoisotopic (exact) mass is 219 g/mol. The average Bonchev–Trinajstić information content (AvgIpc) is 2.09. The Labute approximate surface area is 91.3 Å². The van der Waals surface area contributed by atoms with Crippen molar-refractivity contribution in [2.24, 2.45) is 5.41 Å². The van der Waals surface area contributed by atoms with Crippen LogP contribution in [0.1, 0.15) is 41.0 Å². The zero-order valence-corrected chi connectivity index (χ0v) is 11.0. The number of hydrogen-bond acceptors (Lipinski definition) is 2. The molecule has 0 aliphatic carbocycles. The second-order valence-electron chi connectivity index (χ2n) is 4.77. The Kier molecular flexibility index (Phi) is 6.62. The van der Waals surface area contributed by atoms with E-state index in [4.69, 9.17) is 0 Å². The van der Waals surface area contributed by atoms with E-state index in [0.29, 0.717) is 6.04 Å². The van der Waals surface area contributed by atoms with E-state index in [1.165, 1.54) is 0 Å². The van der Waals surface area contributed by atoms with Crippen molar-refractivity contribution in [2.75, 3.05) is 18.1 Å². The molecule has 2 atom stereocenters. The fourth-order valence-corrected chi connectivity index (χ4v) is 2.46. The highest BCUT2D eigenvalue weighted by Crippen LogP contribution is 2.20. The predicted molar refractivity (Wildman–Crippen MR) is 65.1 cm³/mol. The lowest BCUT2D eigenvalue weighted by Gasteiger charge is -2.31. The third-order valence-electron chi connectivity index (χ3n) is 2.36. The summed E-state index contributed by atoms with van der Waals surface area (Å²) in [5.74, 6) is 1.54. The highest BCUT2D eigenvalue weighted by Gasteiger charge is 2.25. The summed E-state index contributed by atoms with van der Waals surface area (Å²) in [5.41, 5.74) is 0.194. The molecule has 0 heterocycles. The maximum absolute atomic E-state index is 11.5. The Morgan fingerprint density at radius 3 is 2.21 bits per heavy atom. The van der Waals surface area contributed by atoms with Crippen molar-refractivity contribution in [1.82, 2.24) is 5.32 Å². The Morgan fingerprint density at radius 2 is 1.86 bits per heavy atom. The van der Waals surface area contributed by atoms with Gasteiger partial charge in [0.05, 0.1) is 0 Å². The average molecular weight is 219 g/mol. The highest BCUT2D eigenvalue weighted by molar-refractivity contribution is 7.84. The normalized spacial score (nSPS) is 16.6. The molecule has 0 aliphatic heterocycles. The van der Waals surface area contributed by atoms with Gasteiger partial charge in [0, 0.05) is 28.3 Å². The summed E-state index contributed by atoms with van der Waals surface area (Å²) in [6, 6.07) is 0.364. The second kappa shape index (κ2) is 6.57. The minimum Gasteiger partial charge on any atom is -0.313 e. The molecule has 0 radical (unpaired) electrons. The van der Waals surface area contributed by atoms with Gasteiger partial charge in [-0.3, -0.25) is 4.21 Å². The van der Waals surface area contributed by atoms with E-state index in [2.05, 4.69) is 33.0 Å². The number of rotatable bonds is 6. The minimum absolute atomic E-state index is 0.194. The molecule has 3 heteroatoms. The van der Waals surface area contributed by atoms with Crippen molar-refractivity contribution in [1.29, 1.82) is 0 Å². The van der Waals surface area contributed by atoms with Crippen LogP contribution in [0.25, 0.3) is 0 Å². The summed E-state index contributed by atoms with van der Waals surface area (Å²) in [6.07, 6.45) is 1.13. The van der Waals surface area contributed by atoms with Gasteiger partial charge in [0.25, 0.3) is 0 Å². The van der Waals surface area contributed by atoms with Gasteiger partial charge in [-0.2, -0.15) is 0 Å². The van der Waals surface area contributed by atoms with Crippen LogP contribution in [0.15, 0.2) is 0 Å². The molecule has 2 nitrogen and oxygen atoms in total. The molecule has 0 bridgehead atoms. The van der Waals surface area contributed by atoms with Crippen molar-refractivity contribution >= 4 is 10.8 Å². The van der Waals surface area contributed by atoms with Crippen molar-refractivity contribution in [3.63, 3.8) is 0 Å². The second-order valence-corrected chi connectivity index (χ2v) is 6.56. The summed E-state index contributed by atoms with van der Waals surface area (Å²) < 4.78 is 11.5. The molecule has 14 heavy (non-hydrogen) atoms. The van der Waals surface area contributed by atoms with Crippen LogP contribution in [0.2, 0.25) is 0 Å². The molecule has 0 amide bonds. The van der Waals surface area contributed by atoms with Crippen LogP contribution in [-0.2, 0) is 10.8 Å². The van der Waals surface area contributed by atoms with Crippen molar-refractivity contribution in [3.05, 3.63) is 0 Å². The largest absolute Gasteiger partial charge is 0.313 e. The molecule has 1 N–H and O–H groups in total. The van der Waals surface area contributed by atoms with E-state index in [1.807, 2.05) is 6.92 Å². The Bertz CT molecular complexity index is 175. The fourth-order valence-electron chi connectivity index (χ4n) is 1.24. The smallest absolute Gasteiger partial charge is 0.0393 e. The van der Waals surface area contributed by atoms with Crippen LogP contribution in [0.5, 0.6) is 0 Å². The highest BCUT2D eigenvalue weighted by atomic mass is 32.2. The van der Waals surface area contributed by atoms with E-state index >= 15 is 0 Å². The summed E-state index contributed by atoms with van der Waals surface area (Å²) >= 11 is 0. The first-order valence-corrected chi connectivity index (χ1v) is 6.99. The Hall–Kier alpha value is 0.110. The molecule has 0 aromatic carbocycles. The number of hydrogen-bond donors (Lipinski definition) is 1. The Morgan fingerprint density at radius 1 is 1.29 bits per heavy atom. The van der Waals surface area contributed by atoms with Crippen LogP contribution >= 0.6 is 0 Å². The van der Waals surface area contributed by atoms with Gasteiger partial charge in [0.1, 0.15) is 0 Å². The van der Waals surface area contributed by atoms with Crippen molar-refractivity contribution < 1.29 is 4.21 Å². The molecule has 86 valence electrons. The van der Waals surface area contributed by atoms with E-state index in [0.717, 1.165) is 24.5 Å². The lowest BCUT2D eigenvalue weighted by atomic mass is 9.88. The SMILES string of the molecule is CCCNC(CS(=O)CC)C(C)(C)C. The zero-order valence-electron chi connectivity index (χ0n) is 10.2. The summed E-state index contributed by atoms with van der Waals surface area (Å²) in [6.45, 7) is 11.8. The third kappa shape index (κ3) is 5.76. The van der Waals surface area contributed by atoms with Gasteiger partial charge in [-0.25, -0.2) is 0 Å². The standard InChI is InChI=1S/C11H25NOS/c1-6-8-12-10(11(3,4)5)9-14(13)7-2/h10,12H,6-9H2,1-5H3. The van der Waals surface area contributed by atoms with Gasteiger partial charge in [-0.15, -0.1) is 0 Å². The van der Waals surface area contributed by atoms with Gasteiger partial charge in [0.15, 0.2) is 0 Å². The Balaban J connectivity index is 4.18. The van der Waals surface area contributed by atoms with Crippen LogP contribution in [0, 0.1) is 5.41 Å². The molecule has 0 saturated carbocycles. The third-order valence-corrected chi connectivity index (χ3v) is 3.71. The summed E-state index contributed by atoms with van der Waals surface area (Å²) in [5, 5.41) is 3.48. The molecule has 0 spiro atoms.